The van der Waals surface area contributed by atoms with Crippen molar-refractivity contribution in [1.29, 1.82) is 0 Å². The normalized spacial score (nSPS) is 13.8. The summed E-state index contributed by atoms with van der Waals surface area (Å²) in [6.07, 6.45) is 4.97. The fourth-order valence-electron chi connectivity index (χ4n) is 2.73. The highest BCUT2D eigenvalue weighted by atomic mass is 28.4. The Morgan fingerprint density at radius 1 is 0.773 bits per heavy atom. The summed E-state index contributed by atoms with van der Waals surface area (Å²) in [4.78, 5) is 2.59. The van der Waals surface area contributed by atoms with Gasteiger partial charge in [-0.25, -0.2) is 0 Å². The van der Waals surface area contributed by atoms with Gasteiger partial charge in [0.2, 0.25) is 0 Å². The maximum absolute atomic E-state index is 6.01. The van der Waals surface area contributed by atoms with Crippen molar-refractivity contribution in [3.05, 3.63) is 0 Å². The van der Waals surface area contributed by atoms with Gasteiger partial charge in [0.1, 0.15) is 0 Å². The molecule has 0 aliphatic rings. The molecule has 0 saturated heterocycles. The Kier molecular flexibility index (Phi) is 13.5. The third-order valence-corrected chi connectivity index (χ3v) is 7.14. The molecule has 1 unspecified atom stereocenters. The second-order valence-corrected chi connectivity index (χ2v) is 8.42. The van der Waals surface area contributed by atoms with Gasteiger partial charge in [0.05, 0.1) is 0 Å². The smallest absolute Gasteiger partial charge is 0.374 e. The molecule has 22 heavy (non-hydrogen) atoms. The second kappa shape index (κ2) is 13.5. The topological polar surface area (TPSA) is 30.9 Å². The van der Waals surface area contributed by atoms with E-state index in [0.717, 1.165) is 19.1 Å². The van der Waals surface area contributed by atoms with Gasteiger partial charge in [-0.15, -0.1) is 0 Å². The summed E-state index contributed by atoms with van der Waals surface area (Å²) in [5.74, 6) is 0. The zero-order valence-corrected chi connectivity index (χ0v) is 16.8. The van der Waals surface area contributed by atoms with Crippen LogP contribution < -0.4 is 0 Å². The molecule has 0 fully saturated rings. The van der Waals surface area contributed by atoms with Crippen LogP contribution in [-0.4, -0.2) is 52.7 Å². The molecular weight excluding hydrogens is 294 g/mol. The zero-order valence-electron chi connectivity index (χ0n) is 15.8. The first kappa shape index (κ1) is 22.1. The van der Waals surface area contributed by atoms with Gasteiger partial charge in [-0.2, -0.15) is 0 Å². The van der Waals surface area contributed by atoms with Crippen LogP contribution in [0.3, 0.4) is 0 Å². The maximum atomic E-state index is 6.01. The summed E-state index contributed by atoms with van der Waals surface area (Å²) < 4.78 is 18.0. The van der Waals surface area contributed by atoms with Crippen molar-refractivity contribution in [2.45, 2.75) is 79.3 Å². The molecule has 0 aromatic rings. The second-order valence-electron chi connectivity index (χ2n) is 5.78. The van der Waals surface area contributed by atoms with Crippen molar-refractivity contribution in [3.8, 4) is 0 Å². The van der Waals surface area contributed by atoms with Crippen LogP contribution in [0.25, 0.3) is 0 Å². The number of rotatable bonds is 15. The van der Waals surface area contributed by atoms with Crippen molar-refractivity contribution < 1.29 is 13.3 Å². The Labute approximate surface area is 139 Å². The van der Waals surface area contributed by atoms with E-state index >= 15 is 0 Å². The fraction of sp³-hybridized carbons (Fsp3) is 1.00. The van der Waals surface area contributed by atoms with Gasteiger partial charge in [0.25, 0.3) is 0 Å². The predicted molar refractivity (Wildman–Crippen MR) is 96.3 cm³/mol. The van der Waals surface area contributed by atoms with Crippen molar-refractivity contribution in [2.24, 2.45) is 0 Å². The van der Waals surface area contributed by atoms with Crippen molar-refractivity contribution in [1.82, 2.24) is 4.90 Å². The Bertz CT molecular complexity index is 229. The van der Waals surface area contributed by atoms with E-state index in [4.69, 9.17) is 13.3 Å². The molecular formula is C17H39NO3Si. The summed E-state index contributed by atoms with van der Waals surface area (Å²) in [6, 6.07) is 1.32. The van der Waals surface area contributed by atoms with E-state index in [9.17, 15) is 0 Å². The molecule has 0 aromatic carbocycles. The molecule has 0 saturated carbocycles. The number of hydrogen-bond acceptors (Lipinski definition) is 4. The summed E-state index contributed by atoms with van der Waals surface area (Å²) in [7, 11) is -2.54. The van der Waals surface area contributed by atoms with Crippen molar-refractivity contribution >= 4 is 8.80 Å². The molecule has 1 atom stereocenters. The summed E-state index contributed by atoms with van der Waals surface area (Å²) in [5, 5.41) is 0. The minimum absolute atomic E-state index is 0.439. The molecule has 0 bridgehead atoms. The third-order valence-electron chi connectivity index (χ3n) is 3.86. The molecule has 0 aromatic heterocycles. The lowest BCUT2D eigenvalue weighted by Gasteiger charge is -2.35. The maximum Gasteiger partial charge on any atom is 0.502 e. The monoisotopic (exact) mass is 333 g/mol. The van der Waals surface area contributed by atoms with Crippen LogP contribution in [0.1, 0.15) is 67.2 Å². The van der Waals surface area contributed by atoms with Gasteiger partial charge in [-0.05, 0) is 53.6 Å². The molecule has 134 valence electrons. The average Bonchev–Trinajstić information content (AvgIpc) is 2.48. The Morgan fingerprint density at radius 3 is 1.50 bits per heavy atom. The van der Waals surface area contributed by atoms with Gasteiger partial charge < -0.3 is 18.2 Å². The first-order valence-corrected chi connectivity index (χ1v) is 11.2. The summed E-state index contributed by atoms with van der Waals surface area (Å²) in [5.41, 5.74) is 0. The molecule has 0 rings (SSSR count). The number of unbranched alkanes of at least 4 members (excludes halogenated alkanes) is 2. The van der Waals surface area contributed by atoms with E-state index in [1.165, 1.54) is 25.7 Å². The van der Waals surface area contributed by atoms with Gasteiger partial charge in [-0.3, -0.25) is 0 Å². The molecule has 0 spiro atoms. The Morgan fingerprint density at radius 2 is 1.18 bits per heavy atom. The molecule has 0 aliphatic carbocycles. The highest BCUT2D eigenvalue weighted by molar-refractivity contribution is 6.60. The van der Waals surface area contributed by atoms with Crippen LogP contribution in [-0.2, 0) is 13.3 Å². The van der Waals surface area contributed by atoms with Gasteiger partial charge >= 0.3 is 8.80 Å². The van der Waals surface area contributed by atoms with Crippen LogP contribution >= 0.6 is 0 Å². The lowest BCUT2D eigenvalue weighted by atomic mass is 10.2. The minimum atomic E-state index is -2.54. The average molecular weight is 334 g/mol. The largest absolute Gasteiger partial charge is 0.502 e. The molecule has 0 aliphatic heterocycles. The predicted octanol–water partition coefficient (Wildman–Crippen LogP) is 4.33. The third kappa shape index (κ3) is 8.63. The standard InChI is InChI=1S/C17H39NO3Si/c1-7-12-14-18(15-13-8-2)17(6)16-22(19-9-3,20-10-4)21-11-5/h17H,7-16H2,1-6H3. The lowest BCUT2D eigenvalue weighted by molar-refractivity contribution is 0.0620. The SMILES string of the molecule is CCCCN(CCCC)C(C)C[Si](OCC)(OCC)OCC. The van der Waals surface area contributed by atoms with Crippen LogP contribution in [0, 0.1) is 0 Å². The molecule has 5 heteroatoms. The Hall–Kier alpha value is 0.0569. The van der Waals surface area contributed by atoms with Crippen LogP contribution in [0.5, 0.6) is 0 Å². The molecule has 0 heterocycles. The van der Waals surface area contributed by atoms with E-state index in [1.54, 1.807) is 0 Å². The van der Waals surface area contributed by atoms with Crippen LogP contribution in [0.15, 0.2) is 0 Å². The molecule has 0 N–H and O–H groups in total. The number of nitrogens with zero attached hydrogens (tertiary/aromatic N) is 1. The zero-order chi connectivity index (χ0) is 16.8. The fourth-order valence-corrected chi connectivity index (χ4v) is 5.63. The van der Waals surface area contributed by atoms with E-state index in [1.807, 2.05) is 20.8 Å². The van der Waals surface area contributed by atoms with Gasteiger partial charge in [0, 0.05) is 31.9 Å². The van der Waals surface area contributed by atoms with E-state index in [2.05, 4.69) is 25.7 Å². The van der Waals surface area contributed by atoms with Crippen molar-refractivity contribution in [3.63, 3.8) is 0 Å². The highest BCUT2D eigenvalue weighted by Crippen LogP contribution is 2.22. The first-order chi connectivity index (χ1) is 10.6. The van der Waals surface area contributed by atoms with Crippen LogP contribution in [0.4, 0.5) is 0 Å². The first-order valence-electron chi connectivity index (χ1n) is 9.24. The summed E-state index contributed by atoms with van der Waals surface area (Å²) >= 11 is 0. The van der Waals surface area contributed by atoms with Crippen molar-refractivity contribution in [2.75, 3.05) is 32.9 Å². The summed E-state index contributed by atoms with van der Waals surface area (Å²) in [6.45, 7) is 17.2. The number of hydrogen-bond donors (Lipinski definition) is 0. The Balaban J connectivity index is 4.85. The molecule has 0 radical (unpaired) electrons. The quantitative estimate of drug-likeness (QED) is 0.417. The highest BCUT2D eigenvalue weighted by Gasteiger charge is 2.42. The molecule has 4 nitrogen and oxygen atoms in total. The van der Waals surface area contributed by atoms with E-state index in [0.29, 0.717) is 25.9 Å². The van der Waals surface area contributed by atoms with E-state index in [-0.39, 0.29) is 0 Å². The lowest BCUT2D eigenvalue weighted by Crippen LogP contribution is -2.51. The van der Waals surface area contributed by atoms with E-state index < -0.39 is 8.80 Å². The minimum Gasteiger partial charge on any atom is -0.374 e. The van der Waals surface area contributed by atoms with Crippen LogP contribution in [0.2, 0.25) is 6.04 Å². The van der Waals surface area contributed by atoms with Gasteiger partial charge in [-0.1, -0.05) is 26.7 Å². The molecule has 0 amide bonds. The van der Waals surface area contributed by atoms with Gasteiger partial charge in [0.15, 0.2) is 0 Å².